The molecular formula is C12H14F3NO3. The lowest BCUT2D eigenvalue weighted by Gasteiger charge is -2.29. The number of rotatable bonds is 4. The van der Waals surface area contributed by atoms with E-state index in [1.54, 1.807) is 0 Å². The zero-order chi connectivity index (χ0) is 14.7. The number of phenols is 1. The number of methoxy groups -OCH3 is 1. The maximum absolute atomic E-state index is 12.3. The van der Waals surface area contributed by atoms with Crippen molar-refractivity contribution in [1.29, 1.82) is 0 Å². The first kappa shape index (κ1) is 15.3. The molecule has 0 aliphatic carbocycles. The van der Waals surface area contributed by atoms with Crippen LogP contribution in [-0.2, 0) is 15.1 Å². The van der Waals surface area contributed by atoms with Crippen LogP contribution in [0.5, 0.6) is 5.75 Å². The lowest BCUT2D eigenvalue weighted by molar-refractivity contribution is -0.153. The molecule has 4 nitrogen and oxygen atoms in total. The minimum absolute atomic E-state index is 0.151. The van der Waals surface area contributed by atoms with Crippen molar-refractivity contribution in [3.63, 3.8) is 0 Å². The highest BCUT2D eigenvalue weighted by molar-refractivity contribution is 5.82. The summed E-state index contributed by atoms with van der Waals surface area (Å²) in [4.78, 5) is 11.7. The van der Waals surface area contributed by atoms with E-state index >= 15 is 0 Å². The summed E-state index contributed by atoms with van der Waals surface area (Å²) in [6.45, 7) is -0.0897. The predicted molar refractivity (Wildman–Crippen MR) is 61.5 cm³/mol. The molecule has 0 fully saturated rings. The Morgan fingerprint density at radius 1 is 1.42 bits per heavy atom. The Hall–Kier alpha value is -1.76. The summed E-state index contributed by atoms with van der Waals surface area (Å²) in [5, 5.41) is 11.5. The third-order valence-electron chi connectivity index (χ3n) is 2.66. The van der Waals surface area contributed by atoms with Gasteiger partial charge in [-0.15, -0.1) is 0 Å². The van der Waals surface area contributed by atoms with E-state index in [-0.39, 0.29) is 11.3 Å². The van der Waals surface area contributed by atoms with E-state index in [0.29, 0.717) is 0 Å². The lowest BCUT2D eigenvalue weighted by Crippen LogP contribution is -2.50. The number of hydrogen-bond acceptors (Lipinski definition) is 4. The second kappa shape index (κ2) is 5.48. The molecule has 0 aliphatic rings. The van der Waals surface area contributed by atoms with Crippen LogP contribution in [0.1, 0.15) is 12.5 Å². The van der Waals surface area contributed by atoms with Gasteiger partial charge in [-0.2, -0.15) is 13.2 Å². The van der Waals surface area contributed by atoms with Crippen molar-refractivity contribution in [3.8, 4) is 5.75 Å². The quantitative estimate of drug-likeness (QED) is 0.826. The zero-order valence-electron chi connectivity index (χ0n) is 10.4. The maximum Gasteiger partial charge on any atom is 0.401 e. The van der Waals surface area contributed by atoms with Gasteiger partial charge in [-0.05, 0) is 24.6 Å². The van der Waals surface area contributed by atoms with Gasteiger partial charge in [0.1, 0.15) is 11.3 Å². The van der Waals surface area contributed by atoms with E-state index in [9.17, 15) is 23.1 Å². The summed E-state index contributed by atoms with van der Waals surface area (Å²) in [6, 6.07) is 5.42. The smallest absolute Gasteiger partial charge is 0.401 e. The van der Waals surface area contributed by atoms with Crippen LogP contribution < -0.4 is 5.32 Å². The number of ether oxygens (including phenoxy) is 1. The largest absolute Gasteiger partial charge is 0.508 e. The number of phenolic OH excluding ortho intramolecular Hbond substituents is 1. The fourth-order valence-electron chi connectivity index (χ4n) is 1.59. The van der Waals surface area contributed by atoms with E-state index in [1.165, 1.54) is 31.2 Å². The first-order valence-corrected chi connectivity index (χ1v) is 5.39. The molecule has 19 heavy (non-hydrogen) atoms. The minimum atomic E-state index is -4.47. The average molecular weight is 277 g/mol. The van der Waals surface area contributed by atoms with Gasteiger partial charge in [0.2, 0.25) is 0 Å². The van der Waals surface area contributed by atoms with E-state index in [4.69, 9.17) is 0 Å². The molecule has 0 spiro atoms. The molecule has 0 amide bonds. The molecule has 0 saturated carbocycles. The van der Waals surface area contributed by atoms with Gasteiger partial charge < -0.3 is 9.84 Å². The van der Waals surface area contributed by atoms with Crippen LogP contribution in [-0.4, -0.2) is 30.9 Å². The van der Waals surface area contributed by atoms with E-state index in [0.717, 1.165) is 7.11 Å². The van der Waals surface area contributed by atoms with Crippen LogP contribution in [0.3, 0.4) is 0 Å². The summed E-state index contributed by atoms with van der Waals surface area (Å²) < 4.78 is 41.4. The summed E-state index contributed by atoms with van der Waals surface area (Å²) >= 11 is 0. The molecule has 0 saturated heterocycles. The van der Waals surface area contributed by atoms with E-state index < -0.39 is 24.2 Å². The van der Waals surface area contributed by atoms with Crippen LogP contribution in [0.4, 0.5) is 13.2 Å². The first-order valence-electron chi connectivity index (χ1n) is 5.39. The highest BCUT2D eigenvalue weighted by Gasteiger charge is 2.40. The number of hydrogen-bond donors (Lipinski definition) is 2. The van der Waals surface area contributed by atoms with Crippen molar-refractivity contribution >= 4 is 5.97 Å². The van der Waals surface area contributed by atoms with Crippen molar-refractivity contribution in [3.05, 3.63) is 29.8 Å². The van der Waals surface area contributed by atoms with Gasteiger partial charge in [0.25, 0.3) is 0 Å². The molecule has 0 bridgehead atoms. The molecule has 1 aromatic carbocycles. The van der Waals surface area contributed by atoms with Crippen molar-refractivity contribution < 1.29 is 27.8 Å². The average Bonchev–Trinajstić information content (AvgIpc) is 2.34. The highest BCUT2D eigenvalue weighted by atomic mass is 19.4. The van der Waals surface area contributed by atoms with Crippen LogP contribution in [0.25, 0.3) is 0 Å². The van der Waals surface area contributed by atoms with Gasteiger partial charge in [-0.3, -0.25) is 5.32 Å². The van der Waals surface area contributed by atoms with Gasteiger partial charge in [0, 0.05) is 0 Å². The summed E-state index contributed by atoms with van der Waals surface area (Å²) in [6.07, 6.45) is -4.47. The number of carbonyl (C=O) groups is 1. The Balaban J connectivity index is 3.09. The fraction of sp³-hybridized carbons (Fsp3) is 0.417. The fourth-order valence-corrected chi connectivity index (χ4v) is 1.59. The Labute approximate surface area is 108 Å². The molecule has 7 heteroatoms. The molecule has 0 aromatic heterocycles. The maximum atomic E-state index is 12.3. The molecule has 0 aliphatic heterocycles. The standard InChI is InChI=1S/C12H14F3NO3/c1-11(10(18)19-2,16-7-12(13,14)15)8-4-3-5-9(17)6-8/h3-6,16-17H,7H2,1-2H3. The van der Waals surface area contributed by atoms with E-state index in [2.05, 4.69) is 10.1 Å². The number of alkyl halides is 3. The molecular weight excluding hydrogens is 263 g/mol. The number of nitrogens with one attached hydrogen (secondary N) is 1. The number of esters is 1. The third-order valence-corrected chi connectivity index (χ3v) is 2.66. The number of aromatic hydroxyl groups is 1. The molecule has 1 rings (SSSR count). The summed E-state index contributed by atoms with van der Waals surface area (Å²) in [7, 11) is 1.08. The monoisotopic (exact) mass is 277 g/mol. The van der Waals surface area contributed by atoms with Crippen molar-refractivity contribution in [2.24, 2.45) is 0 Å². The Morgan fingerprint density at radius 2 is 2.05 bits per heavy atom. The molecule has 1 atom stereocenters. The molecule has 106 valence electrons. The molecule has 1 unspecified atom stereocenters. The van der Waals surface area contributed by atoms with Gasteiger partial charge in [0.15, 0.2) is 0 Å². The van der Waals surface area contributed by atoms with Gasteiger partial charge >= 0.3 is 12.1 Å². The van der Waals surface area contributed by atoms with Gasteiger partial charge in [-0.1, -0.05) is 12.1 Å². The normalized spacial score (nSPS) is 14.8. The van der Waals surface area contributed by atoms with Crippen LogP contribution in [0.15, 0.2) is 24.3 Å². The molecule has 0 heterocycles. The lowest BCUT2D eigenvalue weighted by atomic mass is 9.91. The van der Waals surface area contributed by atoms with Crippen molar-refractivity contribution in [1.82, 2.24) is 5.32 Å². The Kier molecular flexibility index (Phi) is 4.41. The van der Waals surface area contributed by atoms with Crippen LogP contribution in [0, 0.1) is 0 Å². The second-order valence-electron chi connectivity index (χ2n) is 4.14. The Bertz CT molecular complexity index is 462. The third kappa shape index (κ3) is 3.85. The number of halogens is 3. The van der Waals surface area contributed by atoms with Crippen molar-refractivity contribution in [2.45, 2.75) is 18.6 Å². The van der Waals surface area contributed by atoms with Crippen LogP contribution in [0.2, 0.25) is 0 Å². The number of benzene rings is 1. The second-order valence-corrected chi connectivity index (χ2v) is 4.14. The minimum Gasteiger partial charge on any atom is -0.508 e. The van der Waals surface area contributed by atoms with Gasteiger partial charge in [-0.25, -0.2) is 4.79 Å². The predicted octanol–water partition coefficient (Wildman–Crippen LogP) is 1.93. The first-order chi connectivity index (χ1) is 8.69. The van der Waals surface area contributed by atoms with Crippen molar-refractivity contribution in [2.75, 3.05) is 13.7 Å². The number of carbonyl (C=O) groups excluding carboxylic acids is 1. The Morgan fingerprint density at radius 3 is 2.53 bits per heavy atom. The topological polar surface area (TPSA) is 58.6 Å². The summed E-state index contributed by atoms with van der Waals surface area (Å²) in [5.41, 5.74) is -1.51. The summed E-state index contributed by atoms with van der Waals surface area (Å²) in [5.74, 6) is -1.02. The molecule has 2 N–H and O–H groups in total. The van der Waals surface area contributed by atoms with Gasteiger partial charge in [0.05, 0.1) is 13.7 Å². The molecule has 1 aromatic rings. The molecule has 0 radical (unpaired) electrons. The highest BCUT2D eigenvalue weighted by Crippen LogP contribution is 2.27. The SMILES string of the molecule is COC(=O)C(C)(NCC(F)(F)F)c1cccc(O)c1. The van der Waals surface area contributed by atoms with E-state index in [1.807, 2.05) is 0 Å². The zero-order valence-corrected chi connectivity index (χ0v) is 10.4. The van der Waals surface area contributed by atoms with Crippen LogP contribution >= 0.6 is 0 Å².